The maximum Gasteiger partial charge on any atom is 0.298 e. The zero-order chi connectivity index (χ0) is 20.7. The van der Waals surface area contributed by atoms with Crippen LogP contribution in [0.25, 0.3) is 11.8 Å². The fourth-order valence-corrected chi connectivity index (χ4v) is 4.68. The first-order valence-corrected chi connectivity index (χ1v) is 11.0. The lowest BCUT2D eigenvalue weighted by Gasteiger charge is -2.12. The Morgan fingerprint density at radius 2 is 1.66 bits per heavy atom. The average Bonchev–Trinajstić information content (AvgIpc) is 3.13. The molecule has 3 aromatic rings. The van der Waals surface area contributed by atoms with Gasteiger partial charge in [-0.2, -0.15) is 0 Å². The molecule has 146 valence electrons. The van der Waals surface area contributed by atoms with Crippen LogP contribution in [-0.2, 0) is 4.79 Å². The maximum atomic E-state index is 12.9. The van der Waals surface area contributed by atoms with Gasteiger partial charge < -0.3 is 4.57 Å². The number of hydrogen-bond donors (Lipinski definition) is 0. The molecule has 0 spiro atoms. The van der Waals surface area contributed by atoms with Crippen molar-refractivity contribution in [2.45, 2.75) is 20.8 Å². The molecule has 1 aromatic heterocycles. The molecule has 4 rings (SSSR count). The second-order valence-electron chi connectivity index (χ2n) is 6.95. The molecule has 6 heteroatoms. The molecule has 0 aliphatic carbocycles. The van der Waals surface area contributed by atoms with E-state index in [9.17, 15) is 9.59 Å². The summed E-state index contributed by atoms with van der Waals surface area (Å²) < 4.78 is 3.40. The van der Waals surface area contributed by atoms with Crippen molar-refractivity contribution < 1.29 is 9.59 Å². The van der Waals surface area contributed by atoms with E-state index in [-0.39, 0.29) is 11.1 Å². The van der Waals surface area contributed by atoms with Gasteiger partial charge in [0.25, 0.3) is 11.1 Å². The van der Waals surface area contributed by atoms with Gasteiger partial charge >= 0.3 is 0 Å². The van der Waals surface area contributed by atoms with Gasteiger partial charge in [-0.3, -0.25) is 9.59 Å². The van der Waals surface area contributed by atoms with Gasteiger partial charge in [0, 0.05) is 20.6 Å². The van der Waals surface area contributed by atoms with Crippen molar-refractivity contribution in [2.75, 3.05) is 4.90 Å². The number of para-hydroxylation sites is 1. The number of amides is 2. The second kappa shape index (κ2) is 7.84. The molecule has 2 amide bonds. The van der Waals surface area contributed by atoms with Crippen LogP contribution in [0.4, 0.5) is 10.5 Å². The van der Waals surface area contributed by atoms with Crippen LogP contribution in [0.1, 0.15) is 22.5 Å². The number of halogens is 1. The van der Waals surface area contributed by atoms with Crippen molar-refractivity contribution in [3.8, 4) is 5.69 Å². The first kappa shape index (κ1) is 20.0. The van der Waals surface area contributed by atoms with Gasteiger partial charge in [0.15, 0.2) is 0 Å². The van der Waals surface area contributed by atoms with Gasteiger partial charge in [0.2, 0.25) is 0 Å². The Labute approximate surface area is 187 Å². The minimum absolute atomic E-state index is 0.269. The van der Waals surface area contributed by atoms with Crippen LogP contribution in [0.15, 0.2) is 59.5 Å². The fraction of sp³-hybridized carbons (Fsp3) is 0.130. The highest BCUT2D eigenvalue weighted by atomic mass is 127. The van der Waals surface area contributed by atoms with E-state index in [0.29, 0.717) is 10.6 Å². The molecular weight excluding hydrogens is 495 g/mol. The average molecular weight is 514 g/mol. The van der Waals surface area contributed by atoms with Gasteiger partial charge in [-0.25, -0.2) is 4.90 Å². The van der Waals surface area contributed by atoms with Crippen LogP contribution < -0.4 is 4.90 Å². The van der Waals surface area contributed by atoms with E-state index in [2.05, 4.69) is 58.3 Å². The van der Waals surface area contributed by atoms with Crippen LogP contribution >= 0.6 is 34.4 Å². The molecular formula is C23H19IN2O2S. The summed E-state index contributed by atoms with van der Waals surface area (Å²) in [7, 11) is 0. The van der Waals surface area contributed by atoms with Crippen molar-refractivity contribution in [3.05, 3.63) is 85.6 Å². The van der Waals surface area contributed by atoms with E-state index in [4.69, 9.17) is 0 Å². The molecule has 0 radical (unpaired) electrons. The number of aryl methyl sites for hydroxylation is 2. The normalized spacial score (nSPS) is 15.6. The topological polar surface area (TPSA) is 42.3 Å². The van der Waals surface area contributed by atoms with Crippen molar-refractivity contribution in [2.24, 2.45) is 0 Å². The van der Waals surface area contributed by atoms with Crippen LogP contribution in [0.3, 0.4) is 0 Å². The number of carbonyl (C=O) groups excluding carboxylic acids is 2. The van der Waals surface area contributed by atoms with Crippen molar-refractivity contribution in [1.29, 1.82) is 0 Å². The number of rotatable bonds is 3. The first-order valence-electron chi connectivity index (χ1n) is 9.15. The van der Waals surface area contributed by atoms with E-state index in [1.165, 1.54) is 14.0 Å². The lowest BCUT2D eigenvalue weighted by atomic mass is 10.2. The molecule has 0 bridgehead atoms. The Hall–Kier alpha value is -2.32. The number of hydrogen-bond acceptors (Lipinski definition) is 3. The molecule has 0 atom stereocenters. The zero-order valence-electron chi connectivity index (χ0n) is 16.3. The third-order valence-corrected chi connectivity index (χ3v) is 7.04. The Bertz CT molecular complexity index is 1170. The van der Waals surface area contributed by atoms with Gasteiger partial charge in [-0.05, 0) is 109 Å². The molecule has 0 N–H and O–H groups in total. The summed E-state index contributed by atoms with van der Waals surface area (Å²) >= 11 is 3.31. The molecule has 4 nitrogen and oxygen atoms in total. The number of carbonyl (C=O) groups is 2. The van der Waals surface area contributed by atoms with Crippen LogP contribution in [-0.4, -0.2) is 15.7 Å². The lowest BCUT2D eigenvalue weighted by Crippen LogP contribution is -2.27. The van der Waals surface area contributed by atoms with Crippen molar-refractivity contribution in [1.82, 2.24) is 4.57 Å². The molecule has 2 heterocycles. The molecule has 29 heavy (non-hydrogen) atoms. The van der Waals surface area contributed by atoms with Crippen molar-refractivity contribution >= 4 is 57.3 Å². The van der Waals surface area contributed by atoms with Crippen LogP contribution in [0.5, 0.6) is 0 Å². The summed E-state index contributed by atoms with van der Waals surface area (Å²) in [6.07, 6.45) is 1.83. The summed E-state index contributed by atoms with van der Waals surface area (Å²) in [6.45, 7) is 6.18. The monoisotopic (exact) mass is 514 g/mol. The number of anilines is 1. The molecule has 1 aliphatic rings. The highest BCUT2D eigenvalue weighted by Crippen LogP contribution is 2.36. The van der Waals surface area contributed by atoms with E-state index in [1.807, 2.05) is 38.1 Å². The SMILES string of the molecule is Cc1cc(-n2c(C)cc(/C=C3/SC(=O)N(c4ccccc4)C3=O)c2C)ccc1I. The van der Waals surface area contributed by atoms with Gasteiger partial charge in [-0.15, -0.1) is 0 Å². The maximum absolute atomic E-state index is 12.9. The number of imide groups is 1. The molecule has 1 aliphatic heterocycles. The minimum atomic E-state index is -0.277. The lowest BCUT2D eigenvalue weighted by molar-refractivity contribution is -0.113. The zero-order valence-corrected chi connectivity index (χ0v) is 19.2. The Kier molecular flexibility index (Phi) is 5.40. The van der Waals surface area contributed by atoms with Gasteiger partial charge in [-0.1, -0.05) is 18.2 Å². The third-order valence-electron chi connectivity index (χ3n) is 4.96. The second-order valence-corrected chi connectivity index (χ2v) is 9.10. The van der Waals surface area contributed by atoms with E-state index >= 15 is 0 Å². The fourth-order valence-electron chi connectivity index (χ4n) is 3.51. The molecule has 0 unspecified atom stereocenters. The third kappa shape index (κ3) is 3.67. The Morgan fingerprint density at radius 1 is 0.931 bits per heavy atom. The van der Waals surface area contributed by atoms with Crippen LogP contribution in [0, 0.1) is 24.3 Å². The summed E-state index contributed by atoms with van der Waals surface area (Å²) in [5.74, 6) is -0.277. The predicted molar refractivity (Wildman–Crippen MR) is 128 cm³/mol. The predicted octanol–water partition coefficient (Wildman–Crippen LogP) is 6.25. The number of aromatic nitrogens is 1. The molecule has 1 saturated heterocycles. The van der Waals surface area contributed by atoms with Crippen LogP contribution in [0.2, 0.25) is 0 Å². The Balaban J connectivity index is 1.71. The summed E-state index contributed by atoms with van der Waals surface area (Å²) in [5, 5.41) is -0.269. The summed E-state index contributed by atoms with van der Waals surface area (Å²) in [6, 6.07) is 17.5. The molecule has 0 saturated carbocycles. The minimum Gasteiger partial charge on any atom is -0.318 e. The quantitative estimate of drug-likeness (QED) is 0.307. The Morgan fingerprint density at radius 3 is 2.34 bits per heavy atom. The van der Waals surface area contributed by atoms with Gasteiger partial charge in [0.05, 0.1) is 10.6 Å². The number of benzene rings is 2. The van der Waals surface area contributed by atoms with Crippen molar-refractivity contribution in [3.63, 3.8) is 0 Å². The molecule has 2 aromatic carbocycles. The summed E-state index contributed by atoms with van der Waals surface area (Å²) in [5.41, 5.74) is 5.97. The van der Waals surface area contributed by atoms with E-state index < -0.39 is 0 Å². The largest absolute Gasteiger partial charge is 0.318 e. The van der Waals surface area contributed by atoms with E-state index in [1.54, 1.807) is 12.1 Å². The van der Waals surface area contributed by atoms with E-state index in [0.717, 1.165) is 34.4 Å². The molecule has 1 fully saturated rings. The highest BCUT2D eigenvalue weighted by molar-refractivity contribution is 14.1. The number of nitrogens with zero attached hydrogens (tertiary/aromatic N) is 2. The highest BCUT2D eigenvalue weighted by Gasteiger charge is 2.36. The first-order chi connectivity index (χ1) is 13.9. The number of thioether (sulfide) groups is 1. The summed E-state index contributed by atoms with van der Waals surface area (Å²) in [4.78, 5) is 27.0. The standard InChI is InChI=1S/C23H19IN2O2S/c1-14-11-19(9-10-20(14)24)25-15(2)12-17(16(25)3)13-21-22(27)26(23(28)29-21)18-7-5-4-6-8-18/h4-13H,1-3H3/b21-13+. The smallest absolute Gasteiger partial charge is 0.298 e. The van der Waals surface area contributed by atoms with Gasteiger partial charge in [0.1, 0.15) is 0 Å².